The fourth-order valence-corrected chi connectivity index (χ4v) is 2.84. The Morgan fingerprint density at radius 3 is 2.92 bits per heavy atom. The summed E-state index contributed by atoms with van der Waals surface area (Å²) in [5.74, 6) is -0.331. The SMILES string of the molecule is CCOC(=O)/C=C/[C@@H]1CCCN1/C=C(\C#N)C=N[C@@H](C)c1ccccc1. The van der Waals surface area contributed by atoms with E-state index in [1.807, 2.05) is 49.5 Å². The standard InChI is InChI=1S/C21H25N3O2/c1-3-26-21(25)12-11-20-10-7-13-24(20)16-18(14-22)15-23-17(2)19-8-5-4-6-9-19/h4-6,8-9,11-12,15-17,20H,3,7,10,13H2,1-2H3/b12-11+,18-16+,23-15?/t17-,20-/m0/s1. The van der Waals surface area contributed by atoms with Crippen LogP contribution in [-0.4, -0.2) is 36.3 Å². The van der Waals surface area contributed by atoms with Crippen LogP contribution in [0.4, 0.5) is 0 Å². The van der Waals surface area contributed by atoms with Gasteiger partial charge in [0.25, 0.3) is 0 Å². The number of hydrogen-bond acceptors (Lipinski definition) is 5. The van der Waals surface area contributed by atoms with Gasteiger partial charge in [0.15, 0.2) is 0 Å². The Kier molecular flexibility index (Phi) is 7.63. The number of carbonyl (C=O) groups excluding carboxylic acids is 1. The number of likely N-dealkylation sites (tertiary alicyclic amines) is 1. The van der Waals surface area contributed by atoms with Gasteiger partial charge in [-0.05, 0) is 32.3 Å². The van der Waals surface area contributed by atoms with E-state index in [0.717, 1.165) is 24.9 Å². The van der Waals surface area contributed by atoms with Crippen molar-refractivity contribution >= 4 is 12.2 Å². The van der Waals surface area contributed by atoms with Gasteiger partial charge in [0.2, 0.25) is 0 Å². The first kappa shape index (κ1) is 19.5. The van der Waals surface area contributed by atoms with Crippen molar-refractivity contribution in [2.75, 3.05) is 13.2 Å². The van der Waals surface area contributed by atoms with Crippen molar-refractivity contribution in [1.82, 2.24) is 4.90 Å². The highest BCUT2D eigenvalue weighted by Crippen LogP contribution is 2.20. The number of benzene rings is 1. The largest absolute Gasteiger partial charge is 0.463 e. The first-order valence-electron chi connectivity index (χ1n) is 8.94. The van der Waals surface area contributed by atoms with Crippen LogP contribution in [0, 0.1) is 11.3 Å². The van der Waals surface area contributed by atoms with E-state index in [-0.39, 0.29) is 18.1 Å². The first-order valence-corrected chi connectivity index (χ1v) is 8.94. The molecule has 0 spiro atoms. The van der Waals surface area contributed by atoms with E-state index in [1.54, 1.807) is 13.1 Å². The molecular formula is C21H25N3O2. The van der Waals surface area contributed by atoms with Crippen LogP contribution in [-0.2, 0) is 9.53 Å². The summed E-state index contributed by atoms with van der Waals surface area (Å²) >= 11 is 0. The smallest absolute Gasteiger partial charge is 0.330 e. The van der Waals surface area contributed by atoms with Crippen molar-refractivity contribution < 1.29 is 9.53 Å². The number of nitriles is 1. The Morgan fingerprint density at radius 1 is 1.46 bits per heavy atom. The second kappa shape index (κ2) is 10.2. The molecular weight excluding hydrogens is 326 g/mol. The lowest BCUT2D eigenvalue weighted by atomic mass is 10.1. The topological polar surface area (TPSA) is 65.7 Å². The first-order chi connectivity index (χ1) is 12.6. The molecule has 0 aliphatic carbocycles. The minimum absolute atomic E-state index is 0.00830. The maximum Gasteiger partial charge on any atom is 0.330 e. The van der Waals surface area contributed by atoms with E-state index in [4.69, 9.17) is 4.74 Å². The van der Waals surface area contributed by atoms with Crippen LogP contribution in [0.2, 0.25) is 0 Å². The highest BCUT2D eigenvalue weighted by atomic mass is 16.5. The number of rotatable bonds is 7. The van der Waals surface area contributed by atoms with Crippen molar-refractivity contribution in [3.63, 3.8) is 0 Å². The second-order valence-corrected chi connectivity index (χ2v) is 6.12. The quantitative estimate of drug-likeness (QED) is 0.324. The van der Waals surface area contributed by atoms with E-state index in [1.165, 1.54) is 6.08 Å². The molecule has 0 N–H and O–H groups in total. The normalized spacial score (nSPS) is 19.0. The zero-order valence-corrected chi connectivity index (χ0v) is 15.3. The third kappa shape index (κ3) is 5.89. The molecule has 5 heteroatoms. The van der Waals surface area contributed by atoms with Crippen LogP contribution in [0.3, 0.4) is 0 Å². The van der Waals surface area contributed by atoms with Crippen molar-refractivity contribution in [2.45, 2.75) is 38.8 Å². The van der Waals surface area contributed by atoms with Gasteiger partial charge in [-0.2, -0.15) is 5.26 Å². The molecule has 2 rings (SSSR count). The van der Waals surface area contributed by atoms with Gasteiger partial charge in [0.1, 0.15) is 6.07 Å². The van der Waals surface area contributed by atoms with E-state index in [0.29, 0.717) is 12.2 Å². The molecule has 1 aliphatic heterocycles. The van der Waals surface area contributed by atoms with E-state index in [2.05, 4.69) is 16.0 Å². The van der Waals surface area contributed by atoms with Gasteiger partial charge in [0.05, 0.1) is 18.2 Å². The molecule has 0 aromatic heterocycles. The number of ether oxygens (including phenoxy) is 1. The monoisotopic (exact) mass is 351 g/mol. The van der Waals surface area contributed by atoms with Crippen LogP contribution in [0.25, 0.3) is 0 Å². The Labute approximate surface area is 155 Å². The number of aliphatic imine (C=N–C) groups is 1. The minimum atomic E-state index is -0.331. The molecule has 1 aliphatic rings. The number of hydrogen-bond donors (Lipinski definition) is 0. The maximum atomic E-state index is 11.5. The van der Waals surface area contributed by atoms with Gasteiger partial charge in [-0.15, -0.1) is 0 Å². The highest BCUT2D eigenvalue weighted by molar-refractivity contribution is 5.83. The lowest BCUT2D eigenvalue weighted by Crippen LogP contribution is -2.23. The predicted octanol–water partition coefficient (Wildman–Crippen LogP) is 3.81. The van der Waals surface area contributed by atoms with Gasteiger partial charge < -0.3 is 9.64 Å². The third-order valence-electron chi connectivity index (χ3n) is 4.24. The molecule has 0 radical (unpaired) electrons. The fraction of sp³-hybridized carbons (Fsp3) is 0.381. The second-order valence-electron chi connectivity index (χ2n) is 6.12. The van der Waals surface area contributed by atoms with Crippen LogP contribution in [0.1, 0.15) is 38.3 Å². The molecule has 0 bridgehead atoms. The summed E-state index contributed by atoms with van der Waals surface area (Å²) in [5, 5.41) is 9.42. The number of carbonyl (C=O) groups is 1. The maximum absolute atomic E-state index is 11.5. The molecule has 26 heavy (non-hydrogen) atoms. The fourth-order valence-electron chi connectivity index (χ4n) is 2.84. The summed E-state index contributed by atoms with van der Waals surface area (Å²) in [7, 11) is 0. The van der Waals surface area contributed by atoms with Gasteiger partial charge in [-0.3, -0.25) is 4.99 Å². The van der Waals surface area contributed by atoms with Crippen molar-refractivity contribution in [3.05, 3.63) is 59.8 Å². The zero-order valence-electron chi connectivity index (χ0n) is 15.3. The highest BCUT2D eigenvalue weighted by Gasteiger charge is 2.20. The molecule has 0 amide bonds. The lowest BCUT2D eigenvalue weighted by molar-refractivity contribution is -0.137. The average Bonchev–Trinajstić information content (AvgIpc) is 3.11. The summed E-state index contributed by atoms with van der Waals surface area (Å²) in [5.41, 5.74) is 1.61. The minimum Gasteiger partial charge on any atom is -0.463 e. The molecule has 1 heterocycles. The van der Waals surface area contributed by atoms with Crippen LogP contribution >= 0.6 is 0 Å². The number of allylic oxidation sites excluding steroid dienone is 1. The van der Waals surface area contributed by atoms with Crippen LogP contribution in [0.15, 0.2) is 59.2 Å². The Balaban J connectivity index is 2.03. The molecule has 136 valence electrons. The Hall–Kier alpha value is -2.87. The van der Waals surface area contributed by atoms with Crippen molar-refractivity contribution in [3.8, 4) is 6.07 Å². The molecule has 0 saturated carbocycles. The van der Waals surface area contributed by atoms with Crippen LogP contribution < -0.4 is 0 Å². The summed E-state index contributed by atoms with van der Waals surface area (Å²) in [4.78, 5) is 18.1. The number of esters is 1. The van der Waals surface area contributed by atoms with Gasteiger partial charge >= 0.3 is 5.97 Å². The average molecular weight is 351 g/mol. The zero-order chi connectivity index (χ0) is 18.8. The molecule has 2 atom stereocenters. The summed E-state index contributed by atoms with van der Waals surface area (Å²) in [6.45, 7) is 5.00. The molecule has 5 nitrogen and oxygen atoms in total. The van der Waals surface area contributed by atoms with Gasteiger partial charge in [0, 0.05) is 31.1 Å². The van der Waals surface area contributed by atoms with Gasteiger partial charge in [-0.25, -0.2) is 4.79 Å². The predicted molar refractivity (Wildman–Crippen MR) is 103 cm³/mol. The third-order valence-corrected chi connectivity index (χ3v) is 4.24. The summed E-state index contributed by atoms with van der Waals surface area (Å²) in [6, 6.07) is 12.3. The van der Waals surface area contributed by atoms with Crippen molar-refractivity contribution in [2.24, 2.45) is 4.99 Å². The molecule has 1 aromatic rings. The summed E-state index contributed by atoms with van der Waals surface area (Å²) in [6.07, 6.45) is 8.74. The summed E-state index contributed by atoms with van der Waals surface area (Å²) < 4.78 is 4.91. The Bertz CT molecular complexity index is 717. The number of nitrogens with zero attached hydrogens (tertiary/aromatic N) is 3. The molecule has 1 fully saturated rings. The van der Waals surface area contributed by atoms with Crippen LogP contribution in [0.5, 0.6) is 0 Å². The lowest BCUT2D eigenvalue weighted by Gasteiger charge is -2.19. The van der Waals surface area contributed by atoms with E-state index < -0.39 is 0 Å². The van der Waals surface area contributed by atoms with E-state index in [9.17, 15) is 10.1 Å². The van der Waals surface area contributed by atoms with Gasteiger partial charge in [-0.1, -0.05) is 36.4 Å². The molecule has 1 aromatic carbocycles. The molecule has 1 saturated heterocycles. The van der Waals surface area contributed by atoms with E-state index >= 15 is 0 Å². The van der Waals surface area contributed by atoms with Crippen molar-refractivity contribution in [1.29, 1.82) is 5.26 Å². The molecule has 0 unspecified atom stereocenters. The Morgan fingerprint density at radius 2 is 2.23 bits per heavy atom.